The fourth-order valence-electron chi connectivity index (χ4n) is 5.38. The van der Waals surface area contributed by atoms with E-state index in [9.17, 15) is 0 Å². The highest BCUT2D eigenvalue weighted by atomic mass is 15.5. The molecule has 16 heavy (non-hydrogen) atoms. The molecule has 2 saturated heterocycles. The number of rotatable bonds is 1. The van der Waals surface area contributed by atoms with Crippen molar-refractivity contribution < 1.29 is 0 Å². The van der Waals surface area contributed by atoms with Gasteiger partial charge in [0.2, 0.25) is 0 Å². The third-order valence-corrected chi connectivity index (χ3v) is 6.78. The summed E-state index contributed by atoms with van der Waals surface area (Å²) in [6.07, 6.45) is 1.42. The molecule has 0 N–H and O–H groups in total. The maximum Gasteiger partial charge on any atom is 0.0326 e. The molecule has 92 valence electrons. The second-order valence-electron chi connectivity index (χ2n) is 8.18. The topological polar surface area (TPSA) is 3.01 Å². The highest BCUT2D eigenvalue weighted by Gasteiger charge is 2.86. The first-order valence-electron chi connectivity index (χ1n) is 6.93. The van der Waals surface area contributed by atoms with E-state index in [0.717, 1.165) is 24.0 Å². The van der Waals surface area contributed by atoms with Gasteiger partial charge in [0.05, 0.1) is 0 Å². The molecule has 2 heterocycles. The van der Waals surface area contributed by atoms with Crippen LogP contribution in [0.1, 0.15) is 54.9 Å². The Morgan fingerprint density at radius 1 is 1.19 bits per heavy atom. The van der Waals surface area contributed by atoms with E-state index in [4.69, 9.17) is 0 Å². The van der Waals surface area contributed by atoms with Gasteiger partial charge in [0.25, 0.3) is 0 Å². The van der Waals surface area contributed by atoms with Gasteiger partial charge in [-0.15, -0.1) is 0 Å². The van der Waals surface area contributed by atoms with Gasteiger partial charge >= 0.3 is 0 Å². The van der Waals surface area contributed by atoms with Crippen LogP contribution in [0.25, 0.3) is 0 Å². The second kappa shape index (κ2) is 2.53. The van der Waals surface area contributed by atoms with Crippen molar-refractivity contribution in [2.45, 2.75) is 73.0 Å². The molecular formula is C15H27N. The minimum atomic E-state index is 0.440. The zero-order valence-corrected chi connectivity index (χ0v) is 12.0. The Morgan fingerprint density at radius 3 is 2.06 bits per heavy atom. The Bertz CT molecular complexity index is 338. The molecule has 7 atom stereocenters. The molecule has 0 aromatic carbocycles. The lowest BCUT2D eigenvalue weighted by Gasteiger charge is -2.61. The van der Waals surface area contributed by atoms with E-state index >= 15 is 0 Å². The Kier molecular flexibility index (Phi) is 1.75. The van der Waals surface area contributed by atoms with Crippen LogP contribution < -0.4 is 0 Å². The van der Waals surface area contributed by atoms with Crippen molar-refractivity contribution in [2.24, 2.45) is 22.2 Å². The lowest BCUT2D eigenvalue weighted by Crippen LogP contribution is -2.62. The lowest BCUT2D eigenvalue weighted by molar-refractivity contribution is -0.101. The molecule has 3 rings (SSSR count). The lowest BCUT2D eigenvalue weighted by atomic mass is 9.42. The van der Waals surface area contributed by atoms with Crippen LogP contribution in [0.2, 0.25) is 0 Å². The Balaban J connectivity index is 1.94. The first kappa shape index (κ1) is 11.1. The minimum absolute atomic E-state index is 0.440. The third kappa shape index (κ3) is 0.868. The zero-order chi connectivity index (χ0) is 12.1. The van der Waals surface area contributed by atoms with Crippen LogP contribution in [0.5, 0.6) is 0 Å². The summed E-state index contributed by atoms with van der Waals surface area (Å²) in [4.78, 5) is 2.79. The van der Waals surface area contributed by atoms with Crippen LogP contribution in [0.15, 0.2) is 0 Å². The van der Waals surface area contributed by atoms with Crippen LogP contribution in [0.3, 0.4) is 0 Å². The van der Waals surface area contributed by atoms with Crippen LogP contribution in [-0.4, -0.2) is 23.0 Å². The number of fused-ring (bicyclic) bond motifs is 1. The van der Waals surface area contributed by atoms with E-state index in [0.29, 0.717) is 16.2 Å². The van der Waals surface area contributed by atoms with Gasteiger partial charge in [-0.05, 0) is 35.5 Å². The molecular weight excluding hydrogens is 194 g/mol. The summed E-state index contributed by atoms with van der Waals surface area (Å²) in [6.45, 7) is 17.3. The first-order chi connectivity index (χ1) is 7.15. The Hall–Kier alpha value is -0.0400. The number of nitrogens with zero attached hydrogens (tertiary/aromatic N) is 1. The molecule has 0 aromatic rings. The van der Waals surface area contributed by atoms with Gasteiger partial charge in [-0.3, -0.25) is 4.90 Å². The summed E-state index contributed by atoms with van der Waals surface area (Å²) >= 11 is 0. The summed E-state index contributed by atoms with van der Waals surface area (Å²) in [5.41, 5.74) is 1.60. The summed E-state index contributed by atoms with van der Waals surface area (Å²) in [5, 5.41) is 0. The maximum absolute atomic E-state index is 2.79. The first-order valence-corrected chi connectivity index (χ1v) is 6.93. The van der Waals surface area contributed by atoms with Crippen LogP contribution in [0, 0.1) is 22.2 Å². The summed E-state index contributed by atoms with van der Waals surface area (Å²) in [5.74, 6) is 0.809. The Morgan fingerprint density at radius 2 is 1.75 bits per heavy atom. The predicted molar refractivity (Wildman–Crippen MR) is 68.3 cm³/mol. The molecule has 0 aromatic heterocycles. The van der Waals surface area contributed by atoms with Gasteiger partial charge in [0.15, 0.2) is 0 Å². The van der Waals surface area contributed by atoms with Gasteiger partial charge in [-0.2, -0.15) is 0 Å². The fraction of sp³-hybridized carbons (Fsp3) is 1.00. The van der Waals surface area contributed by atoms with Gasteiger partial charge in [0.1, 0.15) is 0 Å². The van der Waals surface area contributed by atoms with Crippen molar-refractivity contribution >= 4 is 0 Å². The zero-order valence-electron chi connectivity index (χ0n) is 12.0. The van der Waals surface area contributed by atoms with E-state index in [-0.39, 0.29) is 0 Å². The average molecular weight is 221 g/mol. The molecule has 0 radical (unpaired) electrons. The van der Waals surface area contributed by atoms with E-state index < -0.39 is 0 Å². The van der Waals surface area contributed by atoms with Gasteiger partial charge in [0, 0.05) is 18.1 Å². The number of hydrogen-bond donors (Lipinski definition) is 0. The van der Waals surface area contributed by atoms with Crippen molar-refractivity contribution in [3.05, 3.63) is 0 Å². The second-order valence-corrected chi connectivity index (χ2v) is 8.18. The van der Waals surface area contributed by atoms with Crippen molar-refractivity contribution in [2.75, 3.05) is 0 Å². The molecule has 2 aliphatic heterocycles. The molecule has 1 aliphatic carbocycles. The molecule has 1 nitrogen and oxygen atoms in total. The quantitative estimate of drug-likeness (QED) is 0.612. The predicted octanol–water partition coefficient (Wildman–Crippen LogP) is 3.54. The number of hydrogen-bond acceptors (Lipinski definition) is 1. The standard InChI is InChI=1S/C15H27N/c1-9-8-14(6)11-12(16(9)11)15(14,7)10(2)13(3,4)5/h9-12H,8H2,1-7H3. The van der Waals surface area contributed by atoms with Crippen LogP contribution in [-0.2, 0) is 0 Å². The number of piperidine rings is 2. The Labute approximate surface area is 101 Å². The molecule has 0 spiro atoms. The molecule has 1 saturated carbocycles. The van der Waals surface area contributed by atoms with E-state index in [1.54, 1.807) is 0 Å². The molecule has 3 aliphatic rings. The van der Waals surface area contributed by atoms with Crippen molar-refractivity contribution in [3.63, 3.8) is 0 Å². The molecule has 3 fully saturated rings. The molecule has 0 bridgehead atoms. The molecule has 1 heteroatoms. The van der Waals surface area contributed by atoms with Gasteiger partial charge in [-0.1, -0.05) is 41.5 Å². The van der Waals surface area contributed by atoms with Crippen LogP contribution >= 0.6 is 0 Å². The average Bonchev–Trinajstić information content (AvgIpc) is 2.81. The largest absolute Gasteiger partial charge is 0.290 e. The van der Waals surface area contributed by atoms with Crippen molar-refractivity contribution in [1.82, 2.24) is 4.90 Å². The molecule has 0 amide bonds. The van der Waals surface area contributed by atoms with Crippen molar-refractivity contribution in [3.8, 4) is 0 Å². The van der Waals surface area contributed by atoms with E-state index in [1.807, 2.05) is 0 Å². The van der Waals surface area contributed by atoms with Crippen LogP contribution in [0.4, 0.5) is 0 Å². The van der Waals surface area contributed by atoms with Crippen molar-refractivity contribution in [1.29, 1.82) is 0 Å². The SMILES string of the molecule is CC1CC2(C)C3C(N13)C2(C)C(C)C(C)(C)C. The molecule has 7 unspecified atom stereocenters. The summed E-state index contributed by atoms with van der Waals surface area (Å²) < 4.78 is 0. The highest BCUT2D eigenvalue weighted by molar-refractivity contribution is 5.38. The monoisotopic (exact) mass is 221 g/mol. The van der Waals surface area contributed by atoms with E-state index in [2.05, 4.69) is 53.4 Å². The normalized spacial score (nSPS) is 60.2. The third-order valence-electron chi connectivity index (χ3n) is 6.78. The van der Waals surface area contributed by atoms with Gasteiger partial charge < -0.3 is 0 Å². The summed E-state index contributed by atoms with van der Waals surface area (Å²) in [7, 11) is 0. The smallest absolute Gasteiger partial charge is 0.0326 e. The summed E-state index contributed by atoms with van der Waals surface area (Å²) in [6, 6.07) is 2.70. The van der Waals surface area contributed by atoms with E-state index in [1.165, 1.54) is 6.42 Å². The van der Waals surface area contributed by atoms with Gasteiger partial charge in [-0.25, -0.2) is 0 Å². The maximum atomic E-state index is 2.79. The highest BCUT2D eigenvalue weighted by Crippen LogP contribution is 2.80. The minimum Gasteiger partial charge on any atom is -0.290 e. The fourth-order valence-corrected chi connectivity index (χ4v) is 5.38.